The smallest absolute Gasteiger partial charge is 0.340 e. The number of carbonyl (C=O) groups is 2. The van der Waals surface area contributed by atoms with Gasteiger partial charge in [0.05, 0.1) is 0 Å². The Balaban J connectivity index is 2.73. The third-order valence-electron chi connectivity index (χ3n) is 2.36. The number of aromatic nitrogens is 1. The second kappa shape index (κ2) is 6.28. The highest BCUT2D eigenvalue weighted by Crippen LogP contribution is 2.11. The fraction of sp³-hybridized carbons (Fsp3) is 0.364. The quantitative estimate of drug-likeness (QED) is 0.738. The topological polar surface area (TPSA) is 119 Å². The number of pyridine rings is 1. The summed E-state index contributed by atoms with van der Waals surface area (Å²) >= 11 is 0. The van der Waals surface area contributed by atoms with E-state index in [9.17, 15) is 18.0 Å². The van der Waals surface area contributed by atoms with Gasteiger partial charge in [0.2, 0.25) is 5.91 Å². The molecule has 8 heteroatoms. The summed E-state index contributed by atoms with van der Waals surface area (Å²) in [6, 6.07) is 2.96. The lowest BCUT2D eigenvalue weighted by atomic mass is 10.1. The zero-order valence-electron chi connectivity index (χ0n) is 10.4. The van der Waals surface area contributed by atoms with Gasteiger partial charge in [0.1, 0.15) is 0 Å². The van der Waals surface area contributed by atoms with Crippen molar-refractivity contribution in [1.29, 1.82) is 0 Å². The normalized spacial score (nSPS) is 11.0. The highest BCUT2D eigenvalue weighted by molar-refractivity contribution is 8.05. The number of rotatable bonds is 5. The van der Waals surface area contributed by atoms with Gasteiger partial charge >= 0.3 is 5.24 Å². The van der Waals surface area contributed by atoms with Gasteiger partial charge in [-0.1, -0.05) is 0 Å². The van der Waals surface area contributed by atoms with Crippen molar-refractivity contribution in [3.63, 3.8) is 0 Å². The maximum Gasteiger partial charge on any atom is 0.340 e. The van der Waals surface area contributed by atoms with Gasteiger partial charge < -0.3 is 11.1 Å². The van der Waals surface area contributed by atoms with E-state index in [0.29, 0.717) is 24.9 Å². The van der Waals surface area contributed by atoms with Crippen LogP contribution in [0.15, 0.2) is 23.4 Å². The summed E-state index contributed by atoms with van der Waals surface area (Å²) in [4.78, 5) is 25.1. The predicted molar refractivity (Wildman–Crippen MR) is 68.0 cm³/mol. The minimum Gasteiger partial charge on any atom is -0.356 e. The fourth-order valence-corrected chi connectivity index (χ4v) is 2.13. The van der Waals surface area contributed by atoms with Crippen LogP contribution in [-0.2, 0) is 21.1 Å². The van der Waals surface area contributed by atoms with Crippen LogP contribution in [0.3, 0.4) is 0 Å². The maximum absolute atomic E-state index is 11.5. The number of hydrogen-bond donors (Lipinski definition) is 2. The van der Waals surface area contributed by atoms with Crippen molar-refractivity contribution in [3.8, 4) is 0 Å². The number of sulfone groups is 1. The largest absolute Gasteiger partial charge is 0.356 e. The Labute approximate surface area is 111 Å². The summed E-state index contributed by atoms with van der Waals surface area (Å²) in [5, 5.41) is 0.861. The molecule has 2 amide bonds. The van der Waals surface area contributed by atoms with Crippen molar-refractivity contribution >= 4 is 21.0 Å². The molecule has 0 radical (unpaired) electrons. The number of aryl methyl sites for hydroxylation is 1. The molecule has 1 heterocycles. The zero-order valence-corrected chi connectivity index (χ0v) is 11.2. The molecule has 0 spiro atoms. The Morgan fingerprint density at radius 1 is 1.42 bits per heavy atom. The number of nitrogens with two attached hydrogens (primary N) is 1. The first-order chi connectivity index (χ1) is 8.84. The Hall–Kier alpha value is -1.96. The zero-order chi connectivity index (χ0) is 14.5. The van der Waals surface area contributed by atoms with Gasteiger partial charge in [-0.15, -0.1) is 0 Å². The Kier molecular flexibility index (Phi) is 4.99. The molecule has 0 aromatic carbocycles. The average Bonchev–Trinajstić information content (AvgIpc) is 2.34. The molecule has 0 aliphatic carbocycles. The minimum atomic E-state index is -4.19. The third-order valence-corrected chi connectivity index (χ3v) is 3.66. The van der Waals surface area contributed by atoms with Crippen LogP contribution < -0.4 is 11.1 Å². The number of primary amides is 1. The van der Waals surface area contributed by atoms with Gasteiger partial charge in [-0.2, -0.15) is 0 Å². The highest BCUT2D eigenvalue weighted by atomic mass is 32.2. The monoisotopic (exact) mass is 285 g/mol. The molecule has 0 saturated heterocycles. The van der Waals surface area contributed by atoms with E-state index >= 15 is 0 Å². The minimum absolute atomic E-state index is 0.119. The van der Waals surface area contributed by atoms with Crippen LogP contribution in [0.25, 0.3) is 0 Å². The van der Waals surface area contributed by atoms with Gasteiger partial charge in [-0.3, -0.25) is 9.59 Å². The van der Waals surface area contributed by atoms with Crippen LogP contribution in [-0.4, -0.2) is 31.1 Å². The molecule has 0 fully saturated rings. The molecule has 0 bridgehead atoms. The fourth-order valence-electron chi connectivity index (χ4n) is 1.41. The number of amides is 2. The van der Waals surface area contributed by atoms with Crippen molar-refractivity contribution in [3.05, 3.63) is 23.9 Å². The lowest BCUT2D eigenvalue weighted by Crippen LogP contribution is -2.23. The average molecular weight is 285 g/mol. The second-order valence-corrected chi connectivity index (χ2v) is 5.74. The molecule has 7 nitrogen and oxygen atoms in total. The van der Waals surface area contributed by atoms with E-state index in [1.54, 1.807) is 6.07 Å². The van der Waals surface area contributed by atoms with E-state index in [2.05, 4.69) is 10.3 Å². The molecule has 0 aliphatic heterocycles. The summed E-state index contributed by atoms with van der Waals surface area (Å²) in [6.45, 7) is 1.92. The molecular weight excluding hydrogens is 270 g/mol. The van der Waals surface area contributed by atoms with Crippen LogP contribution in [0.5, 0.6) is 0 Å². The molecule has 1 aromatic heterocycles. The lowest BCUT2D eigenvalue weighted by Gasteiger charge is -2.04. The molecule has 104 valence electrons. The van der Waals surface area contributed by atoms with Crippen molar-refractivity contribution in [2.75, 3.05) is 6.54 Å². The van der Waals surface area contributed by atoms with Crippen LogP contribution in [0.2, 0.25) is 0 Å². The van der Waals surface area contributed by atoms with Crippen molar-refractivity contribution in [2.24, 2.45) is 5.73 Å². The van der Waals surface area contributed by atoms with Crippen LogP contribution >= 0.6 is 0 Å². The van der Waals surface area contributed by atoms with E-state index in [-0.39, 0.29) is 10.9 Å². The maximum atomic E-state index is 11.5. The predicted octanol–water partition coefficient (Wildman–Crippen LogP) is 0.00270. The van der Waals surface area contributed by atoms with E-state index in [1.807, 2.05) is 0 Å². The lowest BCUT2D eigenvalue weighted by molar-refractivity contribution is -0.118. The van der Waals surface area contributed by atoms with Gasteiger partial charge in [0, 0.05) is 19.7 Å². The van der Waals surface area contributed by atoms with Gasteiger partial charge in [-0.05, 0) is 30.5 Å². The summed E-state index contributed by atoms with van der Waals surface area (Å²) < 4.78 is 23.0. The van der Waals surface area contributed by atoms with Crippen LogP contribution in [0, 0.1) is 0 Å². The summed E-state index contributed by atoms with van der Waals surface area (Å²) in [6.07, 6.45) is 2.52. The molecule has 19 heavy (non-hydrogen) atoms. The number of nitrogens with one attached hydrogen (secondary N) is 1. The van der Waals surface area contributed by atoms with E-state index in [0.717, 1.165) is 0 Å². The molecular formula is C11H15N3O4S. The number of carbonyl (C=O) groups excluding carboxylic acids is 2. The molecule has 0 aliphatic rings. The Morgan fingerprint density at radius 3 is 2.68 bits per heavy atom. The van der Waals surface area contributed by atoms with Gasteiger partial charge in [0.15, 0.2) is 5.03 Å². The SMILES string of the molecule is CC(=O)NCCCc1ccnc(S(=O)(=O)C(N)=O)c1. The van der Waals surface area contributed by atoms with E-state index in [1.165, 1.54) is 19.2 Å². The summed E-state index contributed by atoms with van der Waals surface area (Å²) in [7, 11) is -4.19. The molecule has 1 rings (SSSR count). The van der Waals surface area contributed by atoms with Gasteiger partial charge in [-0.25, -0.2) is 13.4 Å². The first-order valence-corrected chi connectivity index (χ1v) is 7.06. The highest BCUT2D eigenvalue weighted by Gasteiger charge is 2.23. The number of nitrogens with zero attached hydrogens (tertiary/aromatic N) is 1. The number of hydrogen-bond acceptors (Lipinski definition) is 5. The third kappa shape index (κ3) is 4.32. The summed E-state index contributed by atoms with van der Waals surface area (Å²) in [5.74, 6) is -0.119. The van der Waals surface area contributed by atoms with Crippen LogP contribution in [0.4, 0.5) is 4.79 Å². The summed E-state index contributed by atoms with van der Waals surface area (Å²) in [5.41, 5.74) is 5.50. The first kappa shape index (κ1) is 15.1. The van der Waals surface area contributed by atoms with E-state index in [4.69, 9.17) is 5.73 Å². The van der Waals surface area contributed by atoms with Crippen molar-refractivity contribution in [1.82, 2.24) is 10.3 Å². The van der Waals surface area contributed by atoms with Crippen molar-refractivity contribution in [2.45, 2.75) is 24.8 Å². The van der Waals surface area contributed by atoms with Gasteiger partial charge in [0.25, 0.3) is 9.84 Å². The Bertz CT molecular complexity index is 583. The first-order valence-electron chi connectivity index (χ1n) is 5.58. The molecule has 0 saturated carbocycles. The molecule has 0 atom stereocenters. The standard InChI is InChI=1S/C11H15N3O4S/c1-8(15)13-5-2-3-9-4-6-14-10(7-9)19(17,18)11(12)16/h4,6-7H,2-3,5H2,1H3,(H2,12,16)(H,13,15). The van der Waals surface area contributed by atoms with Crippen LogP contribution in [0.1, 0.15) is 18.9 Å². The molecule has 1 aromatic rings. The molecule has 3 N–H and O–H groups in total. The Morgan fingerprint density at radius 2 is 2.11 bits per heavy atom. The second-order valence-electron chi connectivity index (χ2n) is 3.91. The van der Waals surface area contributed by atoms with Crippen molar-refractivity contribution < 1.29 is 18.0 Å². The van der Waals surface area contributed by atoms with E-state index < -0.39 is 15.1 Å². The molecule has 0 unspecified atom stereocenters.